The Morgan fingerprint density at radius 3 is 1.77 bits per heavy atom. The van der Waals surface area contributed by atoms with Gasteiger partial charge in [-0.3, -0.25) is 0 Å². The van der Waals surface area contributed by atoms with E-state index in [0.29, 0.717) is 0 Å². The number of carbonyl (C=O) groups excluding carboxylic acids is 1. The Balaban J connectivity index is 4.00. The summed E-state index contributed by atoms with van der Waals surface area (Å²) >= 11 is 0. The van der Waals surface area contributed by atoms with Crippen LogP contribution in [0.4, 0.5) is 26.3 Å². The quantitative estimate of drug-likeness (QED) is 0.521. The predicted molar refractivity (Wildman–Crippen MR) is 27.9 cm³/mol. The molecule has 0 aliphatic heterocycles. The summed E-state index contributed by atoms with van der Waals surface area (Å²) in [6.07, 6.45) is -14.2. The molecule has 8 heteroatoms. The second kappa shape index (κ2) is 4.93. The van der Waals surface area contributed by atoms with Gasteiger partial charge in [0.25, 0.3) is 12.8 Å². The van der Waals surface area contributed by atoms with Crippen LogP contribution in [0, 0.1) is 0 Å². The molecule has 0 spiro atoms. The zero-order valence-electron chi connectivity index (χ0n) is 5.89. The van der Waals surface area contributed by atoms with E-state index in [9.17, 15) is 31.1 Å². The van der Waals surface area contributed by atoms with Gasteiger partial charge in [-0.15, -0.1) is 0 Å². The van der Waals surface area contributed by atoms with Crippen molar-refractivity contribution in [2.24, 2.45) is 0 Å². The van der Waals surface area contributed by atoms with Gasteiger partial charge in [0.2, 0.25) is 6.17 Å². The van der Waals surface area contributed by atoms with Crippen molar-refractivity contribution in [3.8, 4) is 0 Å². The van der Waals surface area contributed by atoms with Gasteiger partial charge in [-0.25, -0.2) is 18.0 Å². The average molecular weight is 210 g/mol. The SMILES string of the molecule is O=C(OC(F)C(F)C(F)F)C(F)F. The molecule has 0 aromatic carbocycles. The summed E-state index contributed by atoms with van der Waals surface area (Å²) in [5, 5.41) is 0. The number of rotatable bonds is 4. The molecule has 0 bridgehead atoms. The first-order valence-corrected chi connectivity index (χ1v) is 2.91. The fraction of sp³-hybridized carbons (Fsp3) is 0.800. The molecule has 0 rings (SSSR count). The zero-order valence-corrected chi connectivity index (χ0v) is 5.89. The molecular formula is C5H4F6O2. The van der Waals surface area contributed by atoms with Crippen LogP contribution in [0.3, 0.4) is 0 Å². The molecule has 0 saturated carbocycles. The number of esters is 1. The van der Waals surface area contributed by atoms with Gasteiger partial charge in [-0.05, 0) is 0 Å². The molecule has 2 unspecified atom stereocenters. The lowest BCUT2D eigenvalue weighted by molar-refractivity contribution is -0.184. The number of ether oxygens (including phenoxy) is 1. The van der Waals surface area contributed by atoms with E-state index in [2.05, 4.69) is 4.74 Å². The molecule has 2 nitrogen and oxygen atoms in total. The molecule has 0 N–H and O–H groups in total. The maximum Gasteiger partial charge on any atom is 0.376 e. The van der Waals surface area contributed by atoms with Gasteiger partial charge >= 0.3 is 12.4 Å². The second-order valence-electron chi connectivity index (χ2n) is 1.87. The molecule has 0 fully saturated rings. The first-order valence-electron chi connectivity index (χ1n) is 2.91. The molecule has 0 heterocycles. The van der Waals surface area contributed by atoms with Crippen molar-refractivity contribution < 1.29 is 35.9 Å². The number of alkyl halides is 6. The predicted octanol–water partition coefficient (Wildman–Crippen LogP) is 1.69. The molecule has 78 valence electrons. The Labute approximate surface area is 68.5 Å². The van der Waals surface area contributed by atoms with Gasteiger partial charge in [0, 0.05) is 0 Å². The van der Waals surface area contributed by atoms with Gasteiger partial charge in [0.1, 0.15) is 0 Å². The van der Waals surface area contributed by atoms with Crippen molar-refractivity contribution in [1.29, 1.82) is 0 Å². The molecule has 2 atom stereocenters. The van der Waals surface area contributed by atoms with Crippen LogP contribution in [0.1, 0.15) is 0 Å². The maximum atomic E-state index is 12.0. The molecule has 0 amide bonds. The summed E-state index contributed by atoms with van der Waals surface area (Å²) in [7, 11) is 0. The summed E-state index contributed by atoms with van der Waals surface area (Å²) in [6, 6.07) is 0. The minimum Gasteiger partial charge on any atom is -0.423 e. The highest BCUT2D eigenvalue weighted by atomic mass is 19.3. The van der Waals surface area contributed by atoms with Gasteiger partial charge in [-0.1, -0.05) is 0 Å². The largest absolute Gasteiger partial charge is 0.423 e. The highest BCUT2D eigenvalue weighted by Gasteiger charge is 2.34. The Morgan fingerprint density at radius 2 is 1.46 bits per heavy atom. The van der Waals surface area contributed by atoms with Crippen LogP contribution >= 0.6 is 0 Å². The highest BCUT2D eigenvalue weighted by Crippen LogP contribution is 2.15. The van der Waals surface area contributed by atoms with Gasteiger partial charge < -0.3 is 4.74 Å². The number of carbonyl (C=O) groups is 1. The molecule has 0 saturated heterocycles. The summed E-state index contributed by atoms with van der Waals surface area (Å²) in [5.74, 6) is -2.38. The monoisotopic (exact) mass is 210 g/mol. The topological polar surface area (TPSA) is 26.3 Å². The maximum absolute atomic E-state index is 12.0. The van der Waals surface area contributed by atoms with Crippen LogP contribution in [0.25, 0.3) is 0 Å². The molecule has 13 heavy (non-hydrogen) atoms. The van der Waals surface area contributed by atoms with Crippen molar-refractivity contribution >= 4 is 5.97 Å². The van der Waals surface area contributed by atoms with Crippen molar-refractivity contribution in [2.75, 3.05) is 0 Å². The fourth-order valence-electron chi connectivity index (χ4n) is 0.342. The standard InChI is InChI=1S/C5H4F6O2/c6-1(2(7)8)4(11)13-5(12)3(9)10/h1-4H. The van der Waals surface area contributed by atoms with Crippen molar-refractivity contribution in [3.63, 3.8) is 0 Å². The Bertz CT molecular complexity index is 172. The minimum absolute atomic E-state index is 2.38. The van der Waals surface area contributed by atoms with Crippen LogP contribution in [-0.2, 0) is 9.53 Å². The number of halogens is 6. The molecule has 0 aromatic rings. The summed E-state index contributed by atoms with van der Waals surface area (Å²) in [6.45, 7) is 0. The van der Waals surface area contributed by atoms with Crippen LogP contribution in [0.5, 0.6) is 0 Å². The lowest BCUT2D eigenvalue weighted by Crippen LogP contribution is -2.31. The van der Waals surface area contributed by atoms with Crippen molar-refractivity contribution in [3.05, 3.63) is 0 Å². The first kappa shape index (κ1) is 12.0. The Hall–Kier alpha value is -0.950. The van der Waals surface area contributed by atoms with E-state index in [1.165, 1.54) is 0 Å². The van der Waals surface area contributed by atoms with E-state index in [0.717, 1.165) is 0 Å². The van der Waals surface area contributed by atoms with E-state index in [4.69, 9.17) is 0 Å². The van der Waals surface area contributed by atoms with Crippen LogP contribution in [0.15, 0.2) is 0 Å². The second-order valence-corrected chi connectivity index (χ2v) is 1.87. The third kappa shape index (κ3) is 4.00. The highest BCUT2D eigenvalue weighted by molar-refractivity contribution is 5.72. The normalized spacial score (nSPS) is 16.0. The molecular weight excluding hydrogens is 206 g/mol. The number of hydrogen-bond donors (Lipinski definition) is 0. The van der Waals surface area contributed by atoms with E-state index in [1.807, 2.05) is 0 Å². The lowest BCUT2D eigenvalue weighted by Gasteiger charge is -2.12. The van der Waals surface area contributed by atoms with Crippen molar-refractivity contribution in [1.82, 2.24) is 0 Å². The molecule has 0 aliphatic rings. The van der Waals surface area contributed by atoms with Gasteiger partial charge in [0.05, 0.1) is 0 Å². The van der Waals surface area contributed by atoms with E-state index in [1.54, 1.807) is 0 Å². The lowest BCUT2D eigenvalue weighted by atomic mass is 10.4. The average Bonchev–Trinajstić information content (AvgIpc) is 2.02. The van der Waals surface area contributed by atoms with Gasteiger partial charge in [0.15, 0.2) is 0 Å². The summed E-state index contributed by atoms with van der Waals surface area (Å²) in [4.78, 5) is 9.86. The Morgan fingerprint density at radius 1 is 1.00 bits per heavy atom. The third-order valence-corrected chi connectivity index (χ3v) is 0.898. The van der Waals surface area contributed by atoms with E-state index < -0.39 is 31.3 Å². The summed E-state index contributed by atoms with van der Waals surface area (Å²) in [5.41, 5.74) is 0. The minimum atomic E-state index is -3.74. The molecule has 0 radical (unpaired) electrons. The smallest absolute Gasteiger partial charge is 0.376 e. The fourth-order valence-corrected chi connectivity index (χ4v) is 0.342. The Kier molecular flexibility index (Phi) is 4.57. The zero-order chi connectivity index (χ0) is 10.6. The van der Waals surface area contributed by atoms with Crippen LogP contribution < -0.4 is 0 Å². The first-order chi connectivity index (χ1) is 5.86. The van der Waals surface area contributed by atoms with Crippen molar-refractivity contribution in [2.45, 2.75) is 25.4 Å². The van der Waals surface area contributed by atoms with Crippen LogP contribution in [0.2, 0.25) is 0 Å². The van der Waals surface area contributed by atoms with E-state index >= 15 is 0 Å². The molecule has 0 aliphatic carbocycles. The van der Waals surface area contributed by atoms with E-state index in [-0.39, 0.29) is 0 Å². The van der Waals surface area contributed by atoms with Gasteiger partial charge in [-0.2, -0.15) is 13.2 Å². The summed E-state index contributed by atoms with van der Waals surface area (Å²) < 4.78 is 72.2. The number of hydrogen-bond acceptors (Lipinski definition) is 2. The molecule has 0 aromatic heterocycles. The third-order valence-electron chi connectivity index (χ3n) is 0.898. The van der Waals surface area contributed by atoms with Crippen LogP contribution in [-0.4, -0.2) is 31.3 Å².